The number of alkyl halides is 1. The molecule has 1 heterocycles. The zero-order valence-electron chi connectivity index (χ0n) is 5.75. The monoisotopic (exact) mass is 227 g/mol. The van der Waals surface area contributed by atoms with E-state index in [0.717, 1.165) is 5.33 Å². The molecule has 56 valence electrons. The van der Waals surface area contributed by atoms with Crippen molar-refractivity contribution in [1.29, 1.82) is 0 Å². The normalized spacial score (nSPS) is 10.6. The molecule has 1 nitrogen and oxygen atoms in total. The van der Waals surface area contributed by atoms with Crippen LogP contribution < -0.4 is 0 Å². The van der Waals surface area contributed by atoms with Crippen LogP contribution >= 0.6 is 27.5 Å². The number of hydrogen-bond donors (Lipinski definition) is 0. The van der Waals surface area contributed by atoms with Crippen molar-refractivity contribution in [1.82, 2.24) is 4.37 Å². The molecule has 0 saturated heterocycles. The van der Waals surface area contributed by atoms with Gasteiger partial charge in [0.2, 0.25) is 0 Å². The number of hydrogen-bond acceptors (Lipinski definition) is 2. The quantitative estimate of drug-likeness (QED) is 0.683. The molecule has 0 aliphatic carbocycles. The molecule has 0 atom stereocenters. The molecule has 2 aromatic rings. The standard InChI is InChI=1S/C8H6BrNS/c9-4-6-2-1-3-8-7(6)5-10-11-8/h1-3,5H,4H2. The molecule has 0 fully saturated rings. The highest BCUT2D eigenvalue weighted by Crippen LogP contribution is 2.23. The average Bonchev–Trinajstić information content (AvgIpc) is 2.50. The summed E-state index contributed by atoms with van der Waals surface area (Å²) in [7, 11) is 0. The Morgan fingerprint density at radius 3 is 3.18 bits per heavy atom. The number of halogens is 1. The molecule has 0 saturated carbocycles. The third-order valence-electron chi connectivity index (χ3n) is 1.63. The van der Waals surface area contributed by atoms with Crippen LogP contribution in [0.25, 0.3) is 10.1 Å². The number of aromatic nitrogens is 1. The smallest absolute Gasteiger partial charge is 0.0553 e. The van der Waals surface area contributed by atoms with Gasteiger partial charge in [0.25, 0.3) is 0 Å². The molecule has 0 spiro atoms. The van der Waals surface area contributed by atoms with E-state index in [1.54, 1.807) is 11.5 Å². The molecular formula is C8H6BrNS. The Labute approximate surface area is 77.3 Å². The SMILES string of the molecule is BrCc1cccc2sncc12. The fraction of sp³-hybridized carbons (Fsp3) is 0.125. The van der Waals surface area contributed by atoms with Crippen molar-refractivity contribution in [2.24, 2.45) is 0 Å². The van der Waals surface area contributed by atoms with Crippen molar-refractivity contribution < 1.29 is 0 Å². The minimum Gasteiger partial charge on any atom is -0.200 e. The summed E-state index contributed by atoms with van der Waals surface area (Å²) in [6.07, 6.45) is 1.93. The van der Waals surface area contributed by atoms with E-state index in [4.69, 9.17) is 0 Å². The Morgan fingerprint density at radius 1 is 1.45 bits per heavy atom. The van der Waals surface area contributed by atoms with Gasteiger partial charge < -0.3 is 0 Å². The van der Waals surface area contributed by atoms with Crippen LogP contribution in [0.2, 0.25) is 0 Å². The average molecular weight is 228 g/mol. The fourth-order valence-corrected chi connectivity index (χ4v) is 2.25. The van der Waals surface area contributed by atoms with Gasteiger partial charge in [0.05, 0.1) is 4.70 Å². The van der Waals surface area contributed by atoms with Gasteiger partial charge in [-0.3, -0.25) is 0 Å². The molecule has 1 aromatic heterocycles. The minimum absolute atomic E-state index is 0.906. The van der Waals surface area contributed by atoms with Crippen molar-refractivity contribution in [3.05, 3.63) is 30.0 Å². The van der Waals surface area contributed by atoms with Crippen LogP contribution in [0.15, 0.2) is 24.4 Å². The Morgan fingerprint density at radius 2 is 2.36 bits per heavy atom. The van der Waals surface area contributed by atoms with E-state index in [1.807, 2.05) is 6.20 Å². The van der Waals surface area contributed by atoms with Crippen molar-refractivity contribution in [3.63, 3.8) is 0 Å². The summed E-state index contributed by atoms with van der Waals surface area (Å²) in [5.74, 6) is 0. The lowest BCUT2D eigenvalue weighted by Crippen LogP contribution is -1.75. The van der Waals surface area contributed by atoms with Gasteiger partial charge in [-0.05, 0) is 23.2 Å². The van der Waals surface area contributed by atoms with Crippen molar-refractivity contribution in [3.8, 4) is 0 Å². The summed E-state index contributed by atoms with van der Waals surface area (Å²) in [4.78, 5) is 0. The molecule has 0 radical (unpaired) electrons. The van der Waals surface area contributed by atoms with Gasteiger partial charge in [-0.25, -0.2) is 0 Å². The predicted octanol–water partition coefficient (Wildman–Crippen LogP) is 3.19. The van der Waals surface area contributed by atoms with Crippen LogP contribution in [-0.2, 0) is 5.33 Å². The lowest BCUT2D eigenvalue weighted by molar-refractivity contribution is 1.48. The molecule has 0 N–H and O–H groups in total. The predicted molar refractivity (Wildman–Crippen MR) is 52.3 cm³/mol. The van der Waals surface area contributed by atoms with Crippen LogP contribution in [0, 0.1) is 0 Å². The number of benzene rings is 1. The first kappa shape index (κ1) is 7.25. The maximum absolute atomic E-state index is 4.13. The van der Waals surface area contributed by atoms with Gasteiger partial charge in [0.1, 0.15) is 0 Å². The maximum Gasteiger partial charge on any atom is 0.0553 e. The van der Waals surface area contributed by atoms with Crippen LogP contribution in [-0.4, -0.2) is 4.37 Å². The van der Waals surface area contributed by atoms with E-state index in [-0.39, 0.29) is 0 Å². The summed E-state index contributed by atoms with van der Waals surface area (Å²) in [6, 6.07) is 6.28. The first-order valence-electron chi connectivity index (χ1n) is 3.30. The highest BCUT2D eigenvalue weighted by Gasteiger charge is 1.99. The molecule has 2 rings (SSSR count). The van der Waals surface area contributed by atoms with Gasteiger partial charge in [0, 0.05) is 16.9 Å². The Kier molecular flexibility index (Phi) is 1.92. The van der Waals surface area contributed by atoms with Crippen LogP contribution in [0.5, 0.6) is 0 Å². The zero-order valence-corrected chi connectivity index (χ0v) is 8.15. The Balaban J connectivity index is 2.79. The highest BCUT2D eigenvalue weighted by molar-refractivity contribution is 9.08. The van der Waals surface area contributed by atoms with E-state index in [9.17, 15) is 0 Å². The Bertz CT molecular complexity index is 369. The van der Waals surface area contributed by atoms with Gasteiger partial charge in [-0.15, -0.1) is 0 Å². The van der Waals surface area contributed by atoms with Gasteiger partial charge in [-0.1, -0.05) is 28.1 Å². The van der Waals surface area contributed by atoms with E-state index in [0.29, 0.717) is 0 Å². The fourth-order valence-electron chi connectivity index (χ4n) is 1.07. The summed E-state index contributed by atoms with van der Waals surface area (Å²) >= 11 is 4.99. The third kappa shape index (κ3) is 1.19. The third-order valence-corrected chi connectivity index (χ3v) is 3.00. The van der Waals surface area contributed by atoms with Crippen molar-refractivity contribution in [2.45, 2.75) is 5.33 Å². The largest absolute Gasteiger partial charge is 0.200 e. The minimum atomic E-state index is 0.906. The lowest BCUT2D eigenvalue weighted by atomic mass is 10.2. The molecule has 11 heavy (non-hydrogen) atoms. The molecule has 3 heteroatoms. The second kappa shape index (κ2) is 2.91. The highest BCUT2D eigenvalue weighted by atomic mass is 79.9. The molecule has 1 aromatic carbocycles. The number of nitrogens with zero attached hydrogens (tertiary/aromatic N) is 1. The second-order valence-corrected chi connectivity index (χ2v) is 3.68. The Hall–Kier alpha value is -0.410. The number of fused-ring (bicyclic) bond motifs is 1. The zero-order chi connectivity index (χ0) is 7.68. The lowest BCUT2D eigenvalue weighted by Gasteiger charge is -1.94. The molecule has 0 aliphatic rings. The molecule has 0 bridgehead atoms. The van der Waals surface area contributed by atoms with E-state index >= 15 is 0 Å². The van der Waals surface area contributed by atoms with E-state index < -0.39 is 0 Å². The summed E-state index contributed by atoms with van der Waals surface area (Å²) in [5.41, 5.74) is 1.32. The molecule has 0 unspecified atom stereocenters. The van der Waals surface area contributed by atoms with Crippen LogP contribution in [0.3, 0.4) is 0 Å². The number of rotatable bonds is 1. The molecule has 0 amide bonds. The maximum atomic E-state index is 4.13. The second-order valence-electron chi connectivity index (χ2n) is 2.29. The molecular weight excluding hydrogens is 222 g/mol. The molecule has 0 aliphatic heterocycles. The summed E-state index contributed by atoms with van der Waals surface area (Å²) in [6.45, 7) is 0. The van der Waals surface area contributed by atoms with Gasteiger partial charge in [-0.2, -0.15) is 4.37 Å². The first-order valence-corrected chi connectivity index (χ1v) is 5.19. The van der Waals surface area contributed by atoms with Crippen molar-refractivity contribution in [2.75, 3.05) is 0 Å². The van der Waals surface area contributed by atoms with Crippen LogP contribution in [0.1, 0.15) is 5.56 Å². The van der Waals surface area contributed by atoms with Crippen molar-refractivity contribution >= 4 is 37.5 Å². The summed E-state index contributed by atoms with van der Waals surface area (Å²) in [5, 5.41) is 2.18. The van der Waals surface area contributed by atoms with E-state index in [1.165, 1.54) is 15.6 Å². The van der Waals surface area contributed by atoms with Gasteiger partial charge in [0.15, 0.2) is 0 Å². The first-order chi connectivity index (χ1) is 5.42. The van der Waals surface area contributed by atoms with Crippen LogP contribution in [0.4, 0.5) is 0 Å². The topological polar surface area (TPSA) is 12.9 Å². The summed E-state index contributed by atoms with van der Waals surface area (Å²) < 4.78 is 5.40. The van der Waals surface area contributed by atoms with Gasteiger partial charge >= 0.3 is 0 Å². The van der Waals surface area contributed by atoms with E-state index in [2.05, 4.69) is 38.5 Å².